The van der Waals surface area contributed by atoms with Gasteiger partial charge in [-0.25, -0.2) is 0 Å². The first-order chi connectivity index (χ1) is 9.13. The van der Waals surface area contributed by atoms with Crippen LogP contribution in [0.3, 0.4) is 0 Å². The van der Waals surface area contributed by atoms with Crippen LogP contribution in [0.25, 0.3) is 0 Å². The Morgan fingerprint density at radius 2 is 2.21 bits per heavy atom. The van der Waals surface area contributed by atoms with Gasteiger partial charge in [0.25, 0.3) is 5.69 Å². The van der Waals surface area contributed by atoms with Crippen molar-refractivity contribution in [3.05, 3.63) is 33.9 Å². The Morgan fingerprint density at radius 1 is 1.42 bits per heavy atom. The van der Waals surface area contributed by atoms with Crippen molar-refractivity contribution in [2.75, 3.05) is 11.4 Å². The number of aliphatic hydroxyl groups is 1. The van der Waals surface area contributed by atoms with Crippen molar-refractivity contribution in [1.82, 2.24) is 0 Å². The first-order valence-electron chi connectivity index (χ1n) is 6.78. The predicted octanol–water partition coefficient (Wildman–Crippen LogP) is 2.86. The molecule has 1 aliphatic heterocycles. The number of nitro groups is 1. The van der Waals surface area contributed by atoms with Crippen LogP contribution in [0.4, 0.5) is 11.4 Å². The van der Waals surface area contributed by atoms with Crippen molar-refractivity contribution in [1.29, 1.82) is 0 Å². The normalized spacial score (nSPS) is 20.1. The second-order valence-electron chi connectivity index (χ2n) is 5.12. The third-order valence-electron chi connectivity index (χ3n) is 3.81. The standard InChI is InChI=1S/C14H20N2O3/c1-11-5-3-2-4-8-15(11)13-6-7-14(16(18)19)12(9-13)10-17/h6-7,9,11,17H,2-5,8,10H2,1H3. The number of benzene rings is 1. The molecule has 0 radical (unpaired) electrons. The summed E-state index contributed by atoms with van der Waals surface area (Å²) in [4.78, 5) is 12.7. The van der Waals surface area contributed by atoms with E-state index in [1.165, 1.54) is 18.9 Å². The fraction of sp³-hybridized carbons (Fsp3) is 0.571. The highest BCUT2D eigenvalue weighted by atomic mass is 16.6. The summed E-state index contributed by atoms with van der Waals surface area (Å²) >= 11 is 0. The van der Waals surface area contributed by atoms with Crippen LogP contribution in [0.5, 0.6) is 0 Å². The molecule has 1 unspecified atom stereocenters. The summed E-state index contributed by atoms with van der Waals surface area (Å²) < 4.78 is 0. The van der Waals surface area contributed by atoms with Gasteiger partial charge >= 0.3 is 0 Å². The molecule has 5 heteroatoms. The van der Waals surface area contributed by atoms with Crippen LogP contribution >= 0.6 is 0 Å². The van der Waals surface area contributed by atoms with Crippen molar-refractivity contribution in [3.8, 4) is 0 Å². The lowest BCUT2D eigenvalue weighted by molar-refractivity contribution is -0.385. The summed E-state index contributed by atoms with van der Waals surface area (Å²) in [6.45, 7) is 2.86. The SMILES string of the molecule is CC1CCCCCN1c1ccc([N+](=O)[O-])c(CO)c1. The minimum atomic E-state index is -0.443. The fourth-order valence-corrected chi connectivity index (χ4v) is 2.71. The van der Waals surface area contributed by atoms with Crippen LogP contribution in [0.1, 0.15) is 38.2 Å². The molecular weight excluding hydrogens is 244 g/mol. The average molecular weight is 264 g/mol. The lowest BCUT2D eigenvalue weighted by Crippen LogP contribution is -2.32. The van der Waals surface area contributed by atoms with E-state index < -0.39 is 4.92 Å². The summed E-state index contributed by atoms with van der Waals surface area (Å²) in [6, 6.07) is 5.48. The van der Waals surface area contributed by atoms with Crippen LogP contribution in [0.15, 0.2) is 18.2 Å². The number of rotatable bonds is 3. The number of nitrogens with zero attached hydrogens (tertiary/aromatic N) is 2. The van der Waals surface area contributed by atoms with Gasteiger partial charge in [-0.1, -0.05) is 12.8 Å². The highest BCUT2D eigenvalue weighted by Crippen LogP contribution is 2.29. The van der Waals surface area contributed by atoms with Gasteiger partial charge in [-0.05, 0) is 31.9 Å². The fourth-order valence-electron chi connectivity index (χ4n) is 2.71. The molecule has 2 rings (SSSR count). The summed E-state index contributed by atoms with van der Waals surface area (Å²) in [5.41, 5.74) is 1.36. The molecule has 1 atom stereocenters. The molecule has 1 N–H and O–H groups in total. The molecule has 1 aliphatic rings. The molecule has 0 bridgehead atoms. The number of hydrogen-bond donors (Lipinski definition) is 1. The van der Waals surface area contributed by atoms with E-state index in [1.807, 2.05) is 0 Å². The minimum Gasteiger partial charge on any atom is -0.391 e. The second kappa shape index (κ2) is 6.02. The van der Waals surface area contributed by atoms with Gasteiger partial charge in [0.15, 0.2) is 0 Å². The van der Waals surface area contributed by atoms with Gasteiger partial charge in [0, 0.05) is 24.3 Å². The lowest BCUT2D eigenvalue weighted by Gasteiger charge is -2.29. The van der Waals surface area contributed by atoms with Crippen molar-refractivity contribution in [2.45, 2.75) is 45.3 Å². The van der Waals surface area contributed by atoms with Crippen molar-refractivity contribution in [2.24, 2.45) is 0 Å². The summed E-state index contributed by atoms with van der Waals surface area (Å²) in [5.74, 6) is 0. The van der Waals surface area contributed by atoms with Gasteiger partial charge in [-0.15, -0.1) is 0 Å². The molecule has 0 saturated carbocycles. The lowest BCUT2D eigenvalue weighted by atomic mass is 10.1. The monoisotopic (exact) mass is 264 g/mol. The van der Waals surface area contributed by atoms with Gasteiger partial charge in [-0.3, -0.25) is 10.1 Å². The van der Waals surface area contributed by atoms with E-state index in [2.05, 4.69) is 11.8 Å². The molecule has 104 valence electrons. The smallest absolute Gasteiger partial charge is 0.275 e. The van der Waals surface area contributed by atoms with E-state index in [1.54, 1.807) is 12.1 Å². The first-order valence-corrected chi connectivity index (χ1v) is 6.78. The Labute approximate surface area is 113 Å². The maximum atomic E-state index is 10.9. The minimum absolute atomic E-state index is 0.00581. The Hall–Kier alpha value is -1.62. The number of aliphatic hydroxyl groups excluding tert-OH is 1. The zero-order chi connectivity index (χ0) is 13.8. The van der Waals surface area contributed by atoms with E-state index in [9.17, 15) is 15.2 Å². The van der Waals surface area contributed by atoms with Gasteiger partial charge < -0.3 is 10.0 Å². The third kappa shape index (κ3) is 3.04. The number of hydrogen-bond acceptors (Lipinski definition) is 4. The number of nitro benzene ring substituents is 1. The quantitative estimate of drug-likeness (QED) is 0.673. The molecule has 0 aromatic heterocycles. The Morgan fingerprint density at radius 3 is 2.89 bits per heavy atom. The topological polar surface area (TPSA) is 66.6 Å². The van der Waals surface area contributed by atoms with E-state index in [-0.39, 0.29) is 12.3 Å². The molecule has 0 spiro atoms. The van der Waals surface area contributed by atoms with Crippen molar-refractivity contribution < 1.29 is 10.0 Å². The molecule has 0 aliphatic carbocycles. The summed E-state index contributed by atoms with van der Waals surface area (Å²) in [6.07, 6.45) is 4.76. The van der Waals surface area contributed by atoms with Crippen molar-refractivity contribution >= 4 is 11.4 Å². The summed E-state index contributed by atoms with van der Waals surface area (Å²) in [7, 11) is 0. The maximum Gasteiger partial charge on any atom is 0.275 e. The molecular formula is C14H20N2O3. The average Bonchev–Trinajstić information content (AvgIpc) is 2.62. The first kappa shape index (κ1) is 13.8. The van der Waals surface area contributed by atoms with Crippen LogP contribution in [0, 0.1) is 10.1 Å². The molecule has 19 heavy (non-hydrogen) atoms. The van der Waals surface area contributed by atoms with Gasteiger partial charge in [0.1, 0.15) is 0 Å². The second-order valence-corrected chi connectivity index (χ2v) is 5.12. The van der Waals surface area contributed by atoms with Crippen LogP contribution in [-0.4, -0.2) is 22.6 Å². The molecule has 1 heterocycles. The van der Waals surface area contributed by atoms with Crippen molar-refractivity contribution in [3.63, 3.8) is 0 Å². The Kier molecular flexibility index (Phi) is 4.37. The third-order valence-corrected chi connectivity index (χ3v) is 3.81. The zero-order valence-corrected chi connectivity index (χ0v) is 11.2. The Bertz CT molecular complexity index is 462. The van der Waals surface area contributed by atoms with Crippen LogP contribution in [-0.2, 0) is 6.61 Å². The largest absolute Gasteiger partial charge is 0.391 e. The molecule has 1 aromatic rings. The Balaban J connectivity index is 2.31. The highest BCUT2D eigenvalue weighted by Gasteiger charge is 2.20. The van der Waals surface area contributed by atoms with E-state index in [4.69, 9.17) is 0 Å². The molecule has 1 aromatic carbocycles. The molecule has 1 saturated heterocycles. The van der Waals surface area contributed by atoms with Gasteiger partial charge in [0.2, 0.25) is 0 Å². The molecule has 5 nitrogen and oxygen atoms in total. The maximum absolute atomic E-state index is 10.9. The zero-order valence-electron chi connectivity index (χ0n) is 11.2. The summed E-state index contributed by atoms with van der Waals surface area (Å²) in [5, 5.41) is 20.2. The van der Waals surface area contributed by atoms with Crippen LogP contribution in [0.2, 0.25) is 0 Å². The highest BCUT2D eigenvalue weighted by molar-refractivity contribution is 5.56. The predicted molar refractivity (Wildman–Crippen MR) is 74.3 cm³/mol. The molecule has 0 amide bonds. The molecule has 1 fully saturated rings. The van der Waals surface area contributed by atoms with E-state index in [0.29, 0.717) is 11.6 Å². The van der Waals surface area contributed by atoms with Gasteiger partial charge in [0.05, 0.1) is 17.1 Å². The van der Waals surface area contributed by atoms with E-state index >= 15 is 0 Å². The van der Waals surface area contributed by atoms with Crippen LogP contribution < -0.4 is 4.90 Å². The van der Waals surface area contributed by atoms with E-state index in [0.717, 1.165) is 25.1 Å². The number of anilines is 1. The van der Waals surface area contributed by atoms with Gasteiger partial charge in [-0.2, -0.15) is 0 Å².